The van der Waals surface area contributed by atoms with E-state index >= 15 is 0 Å². The second-order valence-electron chi connectivity index (χ2n) is 4.77. The number of nitrogens with one attached hydrogen (secondary N) is 2. The molecular formula is C12H20N4O. The second-order valence-corrected chi connectivity index (χ2v) is 4.77. The van der Waals surface area contributed by atoms with Gasteiger partial charge in [0.15, 0.2) is 0 Å². The fourth-order valence-electron chi connectivity index (χ4n) is 2.08. The maximum atomic E-state index is 9.01. The van der Waals surface area contributed by atoms with Crippen LogP contribution in [0.2, 0.25) is 0 Å². The van der Waals surface area contributed by atoms with E-state index in [0.717, 1.165) is 30.2 Å². The van der Waals surface area contributed by atoms with Crippen LogP contribution >= 0.6 is 0 Å². The Morgan fingerprint density at radius 1 is 1.35 bits per heavy atom. The first-order valence-corrected chi connectivity index (χ1v) is 6.05. The molecule has 0 unspecified atom stereocenters. The van der Waals surface area contributed by atoms with E-state index in [2.05, 4.69) is 20.6 Å². The minimum absolute atomic E-state index is 0.270. The Bertz CT molecular complexity index is 390. The van der Waals surface area contributed by atoms with Crippen molar-refractivity contribution in [3.05, 3.63) is 11.9 Å². The van der Waals surface area contributed by atoms with Gasteiger partial charge in [-0.2, -0.15) is 0 Å². The van der Waals surface area contributed by atoms with Crippen LogP contribution in [0.4, 0.5) is 11.6 Å². The number of aromatic nitrogens is 2. The van der Waals surface area contributed by atoms with Gasteiger partial charge in [0.2, 0.25) is 0 Å². The number of aliphatic hydroxyl groups is 1. The highest BCUT2D eigenvalue weighted by Crippen LogP contribution is 2.48. The molecule has 0 atom stereocenters. The highest BCUT2D eigenvalue weighted by atomic mass is 16.3. The maximum absolute atomic E-state index is 9.01. The standard InChI is InChI=1S/C12H20N4O/c1-9-10(13-2)15-8-16-11(9)14-7-12(3-4-12)5-6-17/h8,17H,3-7H2,1-2H3,(H2,13,14,15,16). The van der Waals surface area contributed by atoms with E-state index < -0.39 is 0 Å². The van der Waals surface area contributed by atoms with E-state index in [1.54, 1.807) is 6.33 Å². The normalized spacial score (nSPS) is 16.6. The molecule has 1 aliphatic rings. The fraction of sp³-hybridized carbons (Fsp3) is 0.667. The fourth-order valence-corrected chi connectivity index (χ4v) is 2.08. The van der Waals surface area contributed by atoms with Crippen molar-refractivity contribution in [2.75, 3.05) is 30.8 Å². The molecule has 0 aromatic carbocycles. The van der Waals surface area contributed by atoms with E-state index in [1.807, 2.05) is 14.0 Å². The van der Waals surface area contributed by atoms with Gasteiger partial charge < -0.3 is 15.7 Å². The van der Waals surface area contributed by atoms with Crippen LogP contribution in [0.15, 0.2) is 6.33 Å². The first-order valence-electron chi connectivity index (χ1n) is 6.05. The zero-order valence-electron chi connectivity index (χ0n) is 10.5. The molecule has 5 nitrogen and oxygen atoms in total. The van der Waals surface area contributed by atoms with Crippen molar-refractivity contribution in [1.29, 1.82) is 0 Å². The molecule has 3 N–H and O–H groups in total. The molecule has 1 fully saturated rings. The minimum atomic E-state index is 0.270. The third-order valence-electron chi connectivity index (χ3n) is 3.55. The molecular weight excluding hydrogens is 216 g/mol. The van der Waals surface area contributed by atoms with E-state index in [4.69, 9.17) is 5.11 Å². The number of hydrogen-bond donors (Lipinski definition) is 3. The smallest absolute Gasteiger partial charge is 0.134 e. The van der Waals surface area contributed by atoms with Crippen LogP contribution in [0.1, 0.15) is 24.8 Å². The summed E-state index contributed by atoms with van der Waals surface area (Å²) in [7, 11) is 1.85. The van der Waals surface area contributed by atoms with Gasteiger partial charge in [0, 0.05) is 25.8 Å². The molecule has 0 saturated heterocycles. The molecule has 0 spiro atoms. The average molecular weight is 236 g/mol. The Morgan fingerprint density at radius 3 is 2.65 bits per heavy atom. The van der Waals surface area contributed by atoms with Gasteiger partial charge in [0.25, 0.3) is 0 Å². The van der Waals surface area contributed by atoms with Crippen molar-refractivity contribution in [1.82, 2.24) is 9.97 Å². The Labute approximate surface area is 102 Å². The van der Waals surface area contributed by atoms with E-state index in [1.165, 1.54) is 12.8 Å². The summed E-state index contributed by atoms with van der Waals surface area (Å²) in [5.41, 5.74) is 1.33. The Morgan fingerprint density at radius 2 is 2.06 bits per heavy atom. The van der Waals surface area contributed by atoms with Crippen LogP contribution < -0.4 is 10.6 Å². The zero-order valence-corrected chi connectivity index (χ0v) is 10.5. The minimum Gasteiger partial charge on any atom is -0.396 e. The summed E-state index contributed by atoms with van der Waals surface area (Å²) in [6.07, 6.45) is 4.84. The number of nitrogens with zero attached hydrogens (tertiary/aromatic N) is 2. The van der Waals surface area contributed by atoms with Crippen molar-refractivity contribution in [2.45, 2.75) is 26.2 Å². The Kier molecular flexibility index (Phi) is 3.47. The summed E-state index contributed by atoms with van der Waals surface area (Å²) in [5.74, 6) is 1.74. The van der Waals surface area contributed by atoms with Gasteiger partial charge in [-0.1, -0.05) is 0 Å². The molecule has 1 aromatic heterocycles. The molecule has 0 aliphatic heterocycles. The summed E-state index contributed by atoms with van der Waals surface area (Å²) in [4.78, 5) is 8.40. The number of hydrogen-bond acceptors (Lipinski definition) is 5. The molecule has 94 valence electrons. The molecule has 5 heteroatoms. The van der Waals surface area contributed by atoms with Gasteiger partial charge in [-0.3, -0.25) is 0 Å². The first-order chi connectivity index (χ1) is 8.21. The molecule has 0 radical (unpaired) electrons. The first kappa shape index (κ1) is 12.1. The van der Waals surface area contributed by atoms with Crippen LogP contribution in [-0.4, -0.2) is 35.3 Å². The van der Waals surface area contributed by atoms with Crippen LogP contribution in [0.25, 0.3) is 0 Å². The summed E-state index contributed by atoms with van der Waals surface area (Å²) in [6.45, 7) is 3.15. The van der Waals surface area contributed by atoms with E-state index in [9.17, 15) is 0 Å². The lowest BCUT2D eigenvalue weighted by Crippen LogP contribution is -2.18. The number of rotatable bonds is 6. The molecule has 17 heavy (non-hydrogen) atoms. The van der Waals surface area contributed by atoms with Crippen LogP contribution in [0.3, 0.4) is 0 Å². The summed E-state index contributed by atoms with van der Waals surface area (Å²) < 4.78 is 0. The molecule has 1 saturated carbocycles. The lowest BCUT2D eigenvalue weighted by Gasteiger charge is -2.16. The number of aliphatic hydroxyl groups excluding tert-OH is 1. The van der Waals surface area contributed by atoms with Gasteiger partial charge in [-0.05, 0) is 31.6 Å². The zero-order chi connectivity index (χ0) is 12.3. The maximum Gasteiger partial charge on any atom is 0.134 e. The van der Waals surface area contributed by atoms with Crippen molar-refractivity contribution >= 4 is 11.6 Å². The van der Waals surface area contributed by atoms with Crippen LogP contribution in [-0.2, 0) is 0 Å². The van der Waals surface area contributed by atoms with Crippen molar-refractivity contribution in [3.63, 3.8) is 0 Å². The van der Waals surface area contributed by atoms with E-state index in [0.29, 0.717) is 5.41 Å². The third kappa shape index (κ3) is 2.66. The molecule has 2 rings (SSSR count). The van der Waals surface area contributed by atoms with Gasteiger partial charge in [-0.15, -0.1) is 0 Å². The highest BCUT2D eigenvalue weighted by Gasteiger charge is 2.41. The molecule has 0 amide bonds. The van der Waals surface area contributed by atoms with Crippen molar-refractivity contribution in [3.8, 4) is 0 Å². The topological polar surface area (TPSA) is 70.1 Å². The predicted molar refractivity (Wildman–Crippen MR) is 68.2 cm³/mol. The van der Waals surface area contributed by atoms with E-state index in [-0.39, 0.29) is 6.61 Å². The lowest BCUT2D eigenvalue weighted by molar-refractivity contribution is 0.253. The predicted octanol–water partition coefficient (Wildman–Crippen LogP) is 1.40. The number of anilines is 2. The second kappa shape index (κ2) is 4.87. The molecule has 1 aliphatic carbocycles. The molecule has 0 bridgehead atoms. The van der Waals surface area contributed by atoms with Crippen LogP contribution in [0.5, 0.6) is 0 Å². The van der Waals surface area contributed by atoms with Crippen LogP contribution in [0, 0.1) is 12.3 Å². The summed E-state index contributed by atoms with van der Waals surface area (Å²) >= 11 is 0. The van der Waals surface area contributed by atoms with Gasteiger partial charge in [0.05, 0.1) is 0 Å². The Hall–Kier alpha value is -1.36. The Balaban J connectivity index is 1.99. The third-order valence-corrected chi connectivity index (χ3v) is 3.55. The van der Waals surface area contributed by atoms with Gasteiger partial charge >= 0.3 is 0 Å². The monoisotopic (exact) mass is 236 g/mol. The van der Waals surface area contributed by atoms with Gasteiger partial charge in [0.1, 0.15) is 18.0 Å². The largest absolute Gasteiger partial charge is 0.396 e. The summed E-state index contributed by atoms with van der Waals surface area (Å²) in [5, 5.41) is 15.4. The lowest BCUT2D eigenvalue weighted by atomic mass is 10.0. The highest BCUT2D eigenvalue weighted by molar-refractivity contribution is 5.56. The quantitative estimate of drug-likeness (QED) is 0.696. The SMILES string of the molecule is CNc1ncnc(NCC2(CCO)CC2)c1C. The summed E-state index contributed by atoms with van der Waals surface area (Å²) in [6, 6.07) is 0. The van der Waals surface area contributed by atoms with Crippen molar-refractivity contribution < 1.29 is 5.11 Å². The van der Waals surface area contributed by atoms with Crippen molar-refractivity contribution in [2.24, 2.45) is 5.41 Å². The average Bonchev–Trinajstić information content (AvgIpc) is 3.09. The molecule has 1 heterocycles. The van der Waals surface area contributed by atoms with Gasteiger partial charge in [-0.25, -0.2) is 9.97 Å². The molecule has 1 aromatic rings.